The minimum atomic E-state index is -0.799. The van der Waals surface area contributed by atoms with Crippen LogP contribution >= 0.6 is 0 Å². The summed E-state index contributed by atoms with van der Waals surface area (Å²) in [6.45, 7) is 6.48. The second-order valence-corrected chi connectivity index (χ2v) is 19.9. The van der Waals surface area contributed by atoms with Crippen LogP contribution in [0, 0.1) is 0 Å². The van der Waals surface area contributed by atoms with E-state index in [-0.39, 0.29) is 31.1 Å². The Morgan fingerprint density at radius 2 is 0.542 bits per heavy atom. The maximum absolute atomic E-state index is 12.9. The van der Waals surface area contributed by atoms with Crippen LogP contribution in [0.1, 0.15) is 284 Å². The van der Waals surface area contributed by atoms with Crippen molar-refractivity contribution in [3.8, 4) is 0 Å². The van der Waals surface area contributed by atoms with Gasteiger partial charge in [-0.1, -0.05) is 240 Å². The summed E-state index contributed by atoms with van der Waals surface area (Å²) >= 11 is 0. The number of ether oxygens (including phenoxy) is 3. The summed E-state index contributed by atoms with van der Waals surface area (Å²) in [4.78, 5) is 38.3. The van der Waals surface area contributed by atoms with Crippen LogP contribution in [0.4, 0.5) is 0 Å². The van der Waals surface area contributed by atoms with Crippen molar-refractivity contribution in [1.82, 2.24) is 0 Å². The van der Waals surface area contributed by atoms with Crippen molar-refractivity contribution in [2.75, 3.05) is 13.2 Å². The maximum atomic E-state index is 12.9. The van der Waals surface area contributed by atoms with Gasteiger partial charge in [0.05, 0.1) is 0 Å². The molecule has 0 N–H and O–H groups in total. The van der Waals surface area contributed by atoms with E-state index in [0.29, 0.717) is 19.3 Å². The van der Waals surface area contributed by atoms with Gasteiger partial charge in [0.2, 0.25) is 0 Å². The summed E-state index contributed by atoms with van der Waals surface area (Å²) in [5, 5.41) is 0. The molecule has 6 nitrogen and oxygen atoms in total. The molecule has 0 fully saturated rings. The van der Waals surface area contributed by atoms with Gasteiger partial charge in [0, 0.05) is 19.3 Å². The first-order valence-corrected chi connectivity index (χ1v) is 30.2. The number of rotatable bonds is 54. The van der Waals surface area contributed by atoms with E-state index in [9.17, 15) is 14.4 Å². The lowest BCUT2D eigenvalue weighted by atomic mass is 10.1. The highest BCUT2D eigenvalue weighted by Crippen LogP contribution is 2.15. The van der Waals surface area contributed by atoms with Crippen LogP contribution in [0.2, 0.25) is 0 Å². The molecular formula is C66H112O6. The first-order chi connectivity index (χ1) is 35.5. The van der Waals surface area contributed by atoms with Crippen LogP contribution in [-0.4, -0.2) is 37.2 Å². The number of unbranched alkanes of at least 4 members (excludes halogenated alkanes) is 27. The van der Waals surface area contributed by atoms with Crippen LogP contribution < -0.4 is 0 Å². The molecule has 0 bridgehead atoms. The number of carbonyl (C=O) groups excluding carboxylic acids is 3. The zero-order valence-electron chi connectivity index (χ0n) is 47.2. The van der Waals surface area contributed by atoms with Crippen molar-refractivity contribution in [3.05, 3.63) is 97.2 Å². The molecule has 0 spiro atoms. The third-order valence-corrected chi connectivity index (χ3v) is 12.8. The summed E-state index contributed by atoms with van der Waals surface area (Å²) in [6.07, 6.45) is 79.7. The van der Waals surface area contributed by atoms with Gasteiger partial charge in [-0.25, -0.2) is 0 Å². The van der Waals surface area contributed by atoms with Crippen LogP contribution in [0.3, 0.4) is 0 Å². The molecule has 0 aromatic heterocycles. The smallest absolute Gasteiger partial charge is 0.306 e. The molecular weight excluding hydrogens is 889 g/mol. The second-order valence-electron chi connectivity index (χ2n) is 19.9. The highest BCUT2D eigenvalue weighted by atomic mass is 16.6. The van der Waals surface area contributed by atoms with Crippen LogP contribution in [-0.2, 0) is 28.6 Å². The minimum absolute atomic E-state index is 0.0941. The fourth-order valence-electron chi connectivity index (χ4n) is 8.26. The first-order valence-electron chi connectivity index (χ1n) is 30.2. The topological polar surface area (TPSA) is 78.9 Å². The average Bonchev–Trinajstić information content (AvgIpc) is 3.38. The van der Waals surface area contributed by atoms with Crippen molar-refractivity contribution in [1.29, 1.82) is 0 Å². The van der Waals surface area contributed by atoms with Crippen molar-refractivity contribution in [3.63, 3.8) is 0 Å². The van der Waals surface area contributed by atoms with Gasteiger partial charge < -0.3 is 14.2 Å². The molecule has 412 valence electrons. The molecule has 0 amide bonds. The number of allylic oxidation sites excluding steroid dienone is 16. The van der Waals surface area contributed by atoms with E-state index < -0.39 is 6.10 Å². The van der Waals surface area contributed by atoms with Gasteiger partial charge in [-0.3, -0.25) is 14.4 Å². The summed E-state index contributed by atoms with van der Waals surface area (Å²) in [5.74, 6) is -0.932. The minimum Gasteiger partial charge on any atom is -0.462 e. The lowest BCUT2D eigenvalue weighted by molar-refractivity contribution is -0.167. The molecule has 0 rings (SSSR count). The Morgan fingerprint density at radius 3 is 0.903 bits per heavy atom. The molecule has 0 aliphatic heterocycles. The zero-order valence-corrected chi connectivity index (χ0v) is 47.2. The molecule has 0 aliphatic rings. The molecule has 0 saturated carbocycles. The van der Waals surface area contributed by atoms with E-state index in [1.54, 1.807) is 0 Å². The second kappa shape index (κ2) is 59.9. The summed E-state index contributed by atoms with van der Waals surface area (Å²) in [7, 11) is 0. The van der Waals surface area contributed by atoms with Crippen LogP contribution in [0.15, 0.2) is 97.2 Å². The Labute approximate surface area is 445 Å². The Morgan fingerprint density at radius 1 is 0.292 bits per heavy atom. The van der Waals surface area contributed by atoms with Gasteiger partial charge in [-0.2, -0.15) is 0 Å². The maximum Gasteiger partial charge on any atom is 0.306 e. The molecule has 0 aromatic rings. The van der Waals surface area contributed by atoms with E-state index in [1.807, 2.05) is 0 Å². The third-order valence-electron chi connectivity index (χ3n) is 12.8. The Kier molecular flexibility index (Phi) is 56.8. The van der Waals surface area contributed by atoms with Gasteiger partial charge in [0.25, 0.3) is 0 Å². The van der Waals surface area contributed by atoms with E-state index in [0.717, 1.165) is 109 Å². The summed E-state index contributed by atoms with van der Waals surface area (Å²) in [6, 6.07) is 0. The van der Waals surface area contributed by atoms with Crippen LogP contribution in [0.5, 0.6) is 0 Å². The molecule has 0 heterocycles. The van der Waals surface area contributed by atoms with Crippen molar-refractivity contribution >= 4 is 17.9 Å². The van der Waals surface area contributed by atoms with Crippen molar-refractivity contribution < 1.29 is 28.6 Å². The normalized spacial score (nSPS) is 12.8. The standard InChI is InChI=1S/C66H112O6/c1-4-7-10-13-16-19-22-25-28-31-33-36-38-41-44-47-50-53-56-59-65(68)71-62-63(61-70-64(67)58-55-52-49-46-43-40-37-34-30-27-24-21-18-15-12-9-6-3)72-66(69)60-57-54-51-48-45-42-39-35-32-29-26-23-20-17-14-11-8-5-2/h7,10,16,18-19,21,25,27-30,32-33,36,41,44,63H,4-6,8-9,11-15,17,20,22-24,26,31,34-35,37-40,42-43,45-62H2,1-3H3/b10-7-,19-16-,21-18-,28-25-,30-27-,32-29-,36-33-,44-41-. The number of hydrogen-bond donors (Lipinski definition) is 0. The molecule has 1 unspecified atom stereocenters. The first kappa shape index (κ1) is 68.3. The molecule has 6 heteroatoms. The summed E-state index contributed by atoms with van der Waals surface area (Å²) < 4.78 is 16.9. The van der Waals surface area contributed by atoms with Crippen molar-refractivity contribution in [2.45, 2.75) is 290 Å². The fraction of sp³-hybridized carbons (Fsp3) is 0.712. The van der Waals surface area contributed by atoms with Crippen LogP contribution in [0.25, 0.3) is 0 Å². The molecule has 1 atom stereocenters. The highest BCUT2D eigenvalue weighted by molar-refractivity contribution is 5.71. The third kappa shape index (κ3) is 57.2. The summed E-state index contributed by atoms with van der Waals surface area (Å²) in [5.41, 5.74) is 0. The van der Waals surface area contributed by atoms with E-state index in [2.05, 4.69) is 118 Å². The van der Waals surface area contributed by atoms with E-state index in [4.69, 9.17) is 14.2 Å². The molecule has 0 aromatic carbocycles. The largest absolute Gasteiger partial charge is 0.462 e. The predicted molar refractivity (Wildman–Crippen MR) is 311 cm³/mol. The fourth-order valence-corrected chi connectivity index (χ4v) is 8.26. The highest BCUT2D eigenvalue weighted by Gasteiger charge is 2.19. The van der Waals surface area contributed by atoms with Gasteiger partial charge in [-0.05, 0) is 122 Å². The molecule has 0 aliphatic carbocycles. The average molecular weight is 1000 g/mol. The van der Waals surface area contributed by atoms with Gasteiger partial charge in [0.1, 0.15) is 13.2 Å². The Bertz CT molecular complexity index is 1430. The number of carbonyl (C=O) groups is 3. The Balaban J connectivity index is 4.47. The van der Waals surface area contributed by atoms with Gasteiger partial charge >= 0.3 is 17.9 Å². The molecule has 72 heavy (non-hydrogen) atoms. The van der Waals surface area contributed by atoms with E-state index in [1.165, 1.54) is 135 Å². The SMILES string of the molecule is CC/C=C\C/C=C\C/C=C\C/C=C\C/C=C\CCCCCC(=O)OCC(COC(=O)CCCCCCCCC/C=C\C/C=C\CCCCC)OC(=O)CCCCCCCCC/C=C\CCCCCCCCC. The lowest BCUT2D eigenvalue weighted by Crippen LogP contribution is -2.30. The molecule has 0 saturated heterocycles. The Hall–Kier alpha value is -3.67. The zero-order chi connectivity index (χ0) is 52.2. The van der Waals surface area contributed by atoms with E-state index >= 15 is 0 Å². The monoisotopic (exact) mass is 1000 g/mol. The van der Waals surface area contributed by atoms with Gasteiger partial charge in [0.15, 0.2) is 6.10 Å². The number of esters is 3. The quantitative estimate of drug-likeness (QED) is 0.0261. The predicted octanol–water partition coefficient (Wildman–Crippen LogP) is 20.5. The van der Waals surface area contributed by atoms with Gasteiger partial charge in [-0.15, -0.1) is 0 Å². The van der Waals surface area contributed by atoms with Crippen molar-refractivity contribution in [2.24, 2.45) is 0 Å². The lowest BCUT2D eigenvalue weighted by Gasteiger charge is -2.18. The number of hydrogen-bond acceptors (Lipinski definition) is 6. The molecule has 0 radical (unpaired) electrons.